The molecule has 5 nitrogen and oxygen atoms in total. The zero-order chi connectivity index (χ0) is 19.6. The van der Waals surface area contributed by atoms with Gasteiger partial charge in [-0.15, -0.1) is 0 Å². The Morgan fingerprint density at radius 2 is 1.59 bits per heavy atom. The van der Waals surface area contributed by atoms with Crippen LogP contribution in [0.15, 0.2) is 77.9 Å². The van der Waals surface area contributed by atoms with Gasteiger partial charge in [-0.3, -0.25) is 4.79 Å². The molecule has 1 aliphatic heterocycles. The lowest BCUT2D eigenvalue weighted by Crippen LogP contribution is -2.19. The van der Waals surface area contributed by atoms with E-state index in [1.165, 1.54) is 0 Å². The summed E-state index contributed by atoms with van der Waals surface area (Å²) >= 11 is 0. The molecule has 0 saturated heterocycles. The van der Waals surface area contributed by atoms with Gasteiger partial charge in [-0.1, -0.05) is 54.6 Å². The number of ether oxygens (including phenoxy) is 2. The van der Waals surface area contributed by atoms with Crippen molar-refractivity contribution in [2.24, 2.45) is 5.10 Å². The van der Waals surface area contributed by atoms with E-state index < -0.39 is 0 Å². The van der Waals surface area contributed by atoms with Crippen molar-refractivity contribution in [3.8, 4) is 11.5 Å². The Morgan fingerprint density at radius 3 is 2.34 bits per heavy atom. The summed E-state index contributed by atoms with van der Waals surface area (Å²) in [7, 11) is 0. The summed E-state index contributed by atoms with van der Waals surface area (Å²) in [5, 5.41) is 8.70. The Balaban J connectivity index is 1.38. The van der Waals surface area contributed by atoms with Crippen molar-refractivity contribution in [3.63, 3.8) is 0 Å². The van der Waals surface area contributed by atoms with E-state index in [0.29, 0.717) is 11.5 Å². The molecule has 0 fully saturated rings. The van der Waals surface area contributed by atoms with Crippen LogP contribution in [0.3, 0.4) is 0 Å². The zero-order valence-corrected chi connectivity index (χ0v) is 15.6. The fraction of sp³-hybridized carbons (Fsp3) is 0.0833. The third kappa shape index (κ3) is 3.38. The molecule has 5 rings (SSSR count). The summed E-state index contributed by atoms with van der Waals surface area (Å²) in [6.45, 7) is 0.217. The van der Waals surface area contributed by atoms with Gasteiger partial charge in [0.25, 0.3) is 0 Å². The average Bonchev–Trinajstić information content (AvgIpc) is 3.21. The summed E-state index contributed by atoms with van der Waals surface area (Å²) < 4.78 is 10.7. The molecule has 5 heteroatoms. The molecular formula is C24H18N2O3. The summed E-state index contributed by atoms with van der Waals surface area (Å²) in [6, 6.07) is 24.0. The lowest BCUT2D eigenvalue weighted by Gasteiger charge is -2.08. The second kappa shape index (κ2) is 7.28. The molecule has 0 unspecified atom stereocenters. The maximum Gasteiger partial charge on any atom is 0.244 e. The van der Waals surface area contributed by atoms with Gasteiger partial charge in [-0.25, -0.2) is 5.43 Å². The minimum absolute atomic E-state index is 0.190. The van der Waals surface area contributed by atoms with Crippen molar-refractivity contribution in [1.29, 1.82) is 0 Å². The second-order valence-corrected chi connectivity index (χ2v) is 6.89. The summed E-state index contributed by atoms with van der Waals surface area (Å²) in [5.41, 5.74) is 4.47. The van der Waals surface area contributed by atoms with E-state index in [2.05, 4.69) is 40.9 Å². The monoisotopic (exact) mass is 382 g/mol. The van der Waals surface area contributed by atoms with E-state index in [-0.39, 0.29) is 19.1 Å². The number of amides is 1. The number of carbonyl (C=O) groups is 1. The number of hydrogen-bond acceptors (Lipinski definition) is 4. The summed E-state index contributed by atoms with van der Waals surface area (Å²) in [5.74, 6) is 1.18. The van der Waals surface area contributed by atoms with Crippen molar-refractivity contribution >= 4 is 33.7 Å². The minimum Gasteiger partial charge on any atom is -0.454 e. The van der Waals surface area contributed by atoms with Crippen LogP contribution in [0.2, 0.25) is 0 Å². The molecular weight excluding hydrogens is 364 g/mol. The first kappa shape index (κ1) is 17.3. The van der Waals surface area contributed by atoms with Gasteiger partial charge >= 0.3 is 0 Å². The van der Waals surface area contributed by atoms with E-state index in [4.69, 9.17) is 9.47 Å². The number of rotatable bonds is 4. The van der Waals surface area contributed by atoms with Crippen molar-refractivity contribution in [3.05, 3.63) is 83.9 Å². The molecule has 1 N–H and O–H groups in total. The Hall–Kier alpha value is -3.86. The van der Waals surface area contributed by atoms with Gasteiger partial charge in [0.1, 0.15) is 0 Å². The maximum atomic E-state index is 12.3. The number of fused-ring (bicyclic) bond motifs is 3. The fourth-order valence-electron chi connectivity index (χ4n) is 3.63. The van der Waals surface area contributed by atoms with Crippen LogP contribution in [0.25, 0.3) is 21.5 Å². The van der Waals surface area contributed by atoms with Crippen LogP contribution >= 0.6 is 0 Å². The molecule has 1 aliphatic rings. The number of hydrogen-bond donors (Lipinski definition) is 1. The molecule has 0 bridgehead atoms. The quantitative estimate of drug-likeness (QED) is 0.323. The highest BCUT2D eigenvalue weighted by atomic mass is 16.7. The molecule has 1 amide bonds. The Kier molecular flexibility index (Phi) is 4.33. The molecule has 142 valence electrons. The Labute approximate surface area is 167 Å². The normalized spacial score (nSPS) is 12.7. The summed E-state index contributed by atoms with van der Waals surface area (Å²) in [6.07, 6.45) is 1.94. The third-order valence-corrected chi connectivity index (χ3v) is 5.00. The van der Waals surface area contributed by atoms with Crippen LogP contribution in [0.4, 0.5) is 0 Å². The van der Waals surface area contributed by atoms with Crippen molar-refractivity contribution in [2.45, 2.75) is 6.42 Å². The van der Waals surface area contributed by atoms with E-state index >= 15 is 0 Å². The highest BCUT2D eigenvalue weighted by Crippen LogP contribution is 2.32. The lowest BCUT2D eigenvalue weighted by atomic mass is 9.97. The number of carbonyl (C=O) groups excluding carboxylic acids is 1. The predicted molar refractivity (Wildman–Crippen MR) is 113 cm³/mol. The van der Waals surface area contributed by atoms with Gasteiger partial charge in [-0.05, 0) is 45.3 Å². The Bertz CT molecular complexity index is 1210. The maximum absolute atomic E-state index is 12.3. The first-order valence-corrected chi connectivity index (χ1v) is 9.39. The summed E-state index contributed by atoms with van der Waals surface area (Å²) in [4.78, 5) is 12.3. The van der Waals surface area contributed by atoms with Crippen LogP contribution in [0.1, 0.15) is 11.1 Å². The second-order valence-electron chi connectivity index (χ2n) is 6.89. The van der Waals surface area contributed by atoms with Gasteiger partial charge in [0.2, 0.25) is 12.7 Å². The van der Waals surface area contributed by atoms with E-state index in [1.54, 1.807) is 6.21 Å². The molecule has 4 aromatic carbocycles. The van der Waals surface area contributed by atoms with Crippen LogP contribution in [-0.2, 0) is 11.2 Å². The van der Waals surface area contributed by atoms with Gasteiger partial charge in [0.15, 0.2) is 11.5 Å². The minimum atomic E-state index is -0.190. The number of hydrazone groups is 1. The number of benzene rings is 4. The van der Waals surface area contributed by atoms with Gasteiger partial charge in [-0.2, -0.15) is 5.10 Å². The van der Waals surface area contributed by atoms with E-state index in [0.717, 1.165) is 32.7 Å². The molecule has 1 heterocycles. The van der Waals surface area contributed by atoms with E-state index in [1.807, 2.05) is 42.5 Å². The van der Waals surface area contributed by atoms with Crippen molar-refractivity contribution in [2.75, 3.05) is 6.79 Å². The molecule has 0 radical (unpaired) electrons. The smallest absolute Gasteiger partial charge is 0.244 e. The lowest BCUT2D eigenvalue weighted by molar-refractivity contribution is -0.120. The average molecular weight is 382 g/mol. The highest BCUT2D eigenvalue weighted by molar-refractivity contribution is 6.13. The highest BCUT2D eigenvalue weighted by Gasteiger charge is 2.14. The van der Waals surface area contributed by atoms with Crippen LogP contribution in [0, 0.1) is 0 Å². The molecule has 0 aromatic heterocycles. The van der Waals surface area contributed by atoms with Gasteiger partial charge in [0, 0.05) is 5.56 Å². The topological polar surface area (TPSA) is 59.9 Å². The van der Waals surface area contributed by atoms with E-state index in [9.17, 15) is 4.79 Å². The van der Waals surface area contributed by atoms with Gasteiger partial charge < -0.3 is 9.47 Å². The molecule has 0 aliphatic carbocycles. The molecule has 0 saturated carbocycles. The largest absolute Gasteiger partial charge is 0.454 e. The molecule has 0 atom stereocenters. The Morgan fingerprint density at radius 1 is 0.897 bits per heavy atom. The third-order valence-electron chi connectivity index (χ3n) is 5.00. The predicted octanol–water partition coefficient (Wildman–Crippen LogP) is 4.41. The first-order valence-electron chi connectivity index (χ1n) is 9.39. The van der Waals surface area contributed by atoms with Crippen LogP contribution in [0.5, 0.6) is 11.5 Å². The SMILES string of the molecule is O=C(Cc1ccc2c(c1)OCO2)NN=Cc1c2ccccc2cc2ccccc12. The number of nitrogens with zero attached hydrogens (tertiary/aromatic N) is 1. The van der Waals surface area contributed by atoms with Crippen molar-refractivity contribution < 1.29 is 14.3 Å². The van der Waals surface area contributed by atoms with Gasteiger partial charge in [0.05, 0.1) is 12.6 Å². The zero-order valence-electron chi connectivity index (χ0n) is 15.6. The molecule has 4 aromatic rings. The molecule has 29 heavy (non-hydrogen) atoms. The fourth-order valence-corrected chi connectivity index (χ4v) is 3.63. The first-order chi connectivity index (χ1) is 14.3. The number of nitrogens with one attached hydrogen (secondary N) is 1. The van der Waals surface area contributed by atoms with Crippen LogP contribution < -0.4 is 14.9 Å². The molecule has 0 spiro atoms. The van der Waals surface area contributed by atoms with Crippen molar-refractivity contribution in [1.82, 2.24) is 5.43 Å². The van der Waals surface area contributed by atoms with Crippen LogP contribution in [-0.4, -0.2) is 18.9 Å². The standard InChI is InChI=1S/C24H18N2O3/c27-24(12-16-9-10-22-23(11-16)29-15-28-22)26-25-14-21-19-7-3-1-5-17(19)13-18-6-2-4-8-20(18)21/h1-11,13-14H,12,15H2,(H,26,27).